The van der Waals surface area contributed by atoms with Crippen LogP contribution in [0.5, 0.6) is 0 Å². The molecule has 0 bridgehead atoms. The van der Waals surface area contributed by atoms with E-state index in [4.69, 9.17) is 4.74 Å². The van der Waals surface area contributed by atoms with E-state index < -0.39 is 0 Å². The van der Waals surface area contributed by atoms with Crippen molar-refractivity contribution in [3.8, 4) is 0 Å². The summed E-state index contributed by atoms with van der Waals surface area (Å²) in [5, 5.41) is 0. The van der Waals surface area contributed by atoms with E-state index in [-0.39, 0.29) is 6.10 Å². The molecule has 0 aromatic heterocycles. The van der Waals surface area contributed by atoms with Gasteiger partial charge in [0.25, 0.3) is 6.47 Å². The molecular formula is C9H14O2. The maximum absolute atomic E-state index is 10.0. The molecule has 1 aliphatic rings. The van der Waals surface area contributed by atoms with Crippen LogP contribution in [0.25, 0.3) is 0 Å². The van der Waals surface area contributed by atoms with Gasteiger partial charge < -0.3 is 4.74 Å². The standard InChI is InChI=1S/C9H14O2/c10-8-11-9-6-4-2-1-3-5-7-9/h2,4,8-9H,1,3,5-7H2. The zero-order valence-electron chi connectivity index (χ0n) is 6.66. The van der Waals surface area contributed by atoms with Gasteiger partial charge in [-0.25, -0.2) is 0 Å². The van der Waals surface area contributed by atoms with Gasteiger partial charge in [-0.05, 0) is 25.7 Å². The Bertz CT molecular complexity index is 140. The van der Waals surface area contributed by atoms with Gasteiger partial charge in [0, 0.05) is 6.42 Å². The lowest BCUT2D eigenvalue weighted by atomic mass is 10.0. The largest absolute Gasteiger partial charge is 0.464 e. The molecule has 0 saturated heterocycles. The van der Waals surface area contributed by atoms with Gasteiger partial charge in [0.1, 0.15) is 6.10 Å². The normalized spacial score (nSPS) is 25.3. The van der Waals surface area contributed by atoms with Gasteiger partial charge in [0.05, 0.1) is 0 Å². The summed E-state index contributed by atoms with van der Waals surface area (Å²) in [6, 6.07) is 0. The first-order valence-electron chi connectivity index (χ1n) is 4.17. The molecule has 0 aliphatic heterocycles. The zero-order chi connectivity index (χ0) is 7.94. The van der Waals surface area contributed by atoms with Crippen LogP contribution in [0.1, 0.15) is 32.1 Å². The van der Waals surface area contributed by atoms with E-state index in [0.717, 1.165) is 12.8 Å². The van der Waals surface area contributed by atoms with Crippen molar-refractivity contribution in [2.45, 2.75) is 38.2 Å². The van der Waals surface area contributed by atoms with Crippen molar-refractivity contribution >= 4 is 6.47 Å². The Morgan fingerprint density at radius 1 is 1.36 bits per heavy atom. The Balaban J connectivity index is 2.31. The van der Waals surface area contributed by atoms with E-state index in [1.54, 1.807) is 0 Å². The lowest BCUT2D eigenvalue weighted by molar-refractivity contribution is -0.133. The number of rotatable bonds is 2. The molecule has 1 aliphatic carbocycles. The Labute approximate surface area is 67.2 Å². The number of carbonyl (C=O) groups is 1. The fourth-order valence-corrected chi connectivity index (χ4v) is 1.32. The summed E-state index contributed by atoms with van der Waals surface area (Å²) in [5.74, 6) is 0. The molecule has 0 spiro atoms. The van der Waals surface area contributed by atoms with E-state index in [1.807, 2.05) is 0 Å². The number of ether oxygens (including phenoxy) is 1. The number of allylic oxidation sites excluding steroid dienone is 1. The molecule has 0 aromatic carbocycles. The lowest BCUT2D eigenvalue weighted by Gasteiger charge is -2.14. The molecule has 2 heteroatoms. The van der Waals surface area contributed by atoms with Crippen molar-refractivity contribution in [1.29, 1.82) is 0 Å². The molecule has 0 heterocycles. The van der Waals surface area contributed by atoms with Crippen LogP contribution in [-0.2, 0) is 9.53 Å². The maximum atomic E-state index is 10.0. The van der Waals surface area contributed by atoms with Crippen LogP contribution in [0.15, 0.2) is 12.2 Å². The van der Waals surface area contributed by atoms with Crippen molar-refractivity contribution in [2.75, 3.05) is 0 Å². The summed E-state index contributed by atoms with van der Waals surface area (Å²) in [5.41, 5.74) is 0. The topological polar surface area (TPSA) is 26.3 Å². The summed E-state index contributed by atoms with van der Waals surface area (Å²) in [6.45, 7) is 0.556. The van der Waals surface area contributed by atoms with E-state index in [1.165, 1.54) is 19.3 Å². The fourth-order valence-electron chi connectivity index (χ4n) is 1.32. The predicted octanol–water partition coefficient (Wildman–Crippen LogP) is 2.05. The van der Waals surface area contributed by atoms with Gasteiger partial charge in [0.15, 0.2) is 0 Å². The molecule has 2 nitrogen and oxygen atoms in total. The minimum absolute atomic E-state index is 0.129. The molecular weight excluding hydrogens is 140 g/mol. The Kier molecular flexibility index (Phi) is 3.73. The minimum Gasteiger partial charge on any atom is -0.464 e. The highest BCUT2D eigenvalue weighted by Crippen LogP contribution is 2.13. The van der Waals surface area contributed by atoms with Crippen LogP contribution < -0.4 is 0 Å². The van der Waals surface area contributed by atoms with Crippen molar-refractivity contribution in [3.63, 3.8) is 0 Å². The minimum atomic E-state index is 0.129. The van der Waals surface area contributed by atoms with Gasteiger partial charge >= 0.3 is 0 Å². The predicted molar refractivity (Wildman–Crippen MR) is 43.2 cm³/mol. The molecule has 62 valence electrons. The fraction of sp³-hybridized carbons (Fsp3) is 0.667. The second-order valence-corrected chi connectivity index (χ2v) is 2.85. The van der Waals surface area contributed by atoms with Crippen LogP contribution in [-0.4, -0.2) is 12.6 Å². The third kappa shape index (κ3) is 3.21. The summed E-state index contributed by atoms with van der Waals surface area (Å²) in [6.07, 6.45) is 9.87. The van der Waals surface area contributed by atoms with E-state index in [9.17, 15) is 4.79 Å². The second kappa shape index (κ2) is 4.94. The first-order chi connectivity index (χ1) is 5.43. The van der Waals surface area contributed by atoms with Gasteiger partial charge in [0.2, 0.25) is 0 Å². The molecule has 1 rings (SSSR count). The van der Waals surface area contributed by atoms with E-state index in [2.05, 4.69) is 12.2 Å². The van der Waals surface area contributed by atoms with Crippen LogP contribution in [0.2, 0.25) is 0 Å². The quantitative estimate of drug-likeness (QED) is 0.449. The van der Waals surface area contributed by atoms with Crippen molar-refractivity contribution < 1.29 is 9.53 Å². The Morgan fingerprint density at radius 2 is 2.27 bits per heavy atom. The zero-order valence-corrected chi connectivity index (χ0v) is 6.66. The van der Waals surface area contributed by atoms with Crippen molar-refractivity contribution in [2.24, 2.45) is 0 Å². The summed E-state index contributed by atoms with van der Waals surface area (Å²) in [7, 11) is 0. The van der Waals surface area contributed by atoms with Gasteiger partial charge in [-0.15, -0.1) is 0 Å². The number of hydrogen-bond donors (Lipinski definition) is 0. The number of hydrogen-bond acceptors (Lipinski definition) is 2. The highest BCUT2D eigenvalue weighted by Gasteiger charge is 2.07. The molecule has 1 atom stereocenters. The Morgan fingerprint density at radius 3 is 3.09 bits per heavy atom. The van der Waals surface area contributed by atoms with Crippen LogP contribution in [0.3, 0.4) is 0 Å². The average Bonchev–Trinajstić information content (AvgIpc) is 1.94. The molecule has 1 unspecified atom stereocenters. The lowest BCUT2D eigenvalue weighted by Crippen LogP contribution is -2.11. The van der Waals surface area contributed by atoms with Gasteiger partial charge in [-0.1, -0.05) is 12.2 Å². The molecule has 0 N–H and O–H groups in total. The van der Waals surface area contributed by atoms with Crippen LogP contribution >= 0.6 is 0 Å². The molecule has 0 radical (unpaired) electrons. The smallest absolute Gasteiger partial charge is 0.293 e. The monoisotopic (exact) mass is 154 g/mol. The Hall–Kier alpha value is -0.790. The van der Waals surface area contributed by atoms with E-state index >= 15 is 0 Å². The second-order valence-electron chi connectivity index (χ2n) is 2.85. The highest BCUT2D eigenvalue weighted by molar-refractivity contribution is 5.37. The van der Waals surface area contributed by atoms with Crippen LogP contribution in [0, 0.1) is 0 Å². The summed E-state index contributed by atoms with van der Waals surface area (Å²) in [4.78, 5) is 10.0. The average molecular weight is 154 g/mol. The summed E-state index contributed by atoms with van der Waals surface area (Å²) >= 11 is 0. The first-order valence-corrected chi connectivity index (χ1v) is 4.17. The highest BCUT2D eigenvalue weighted by atomic mass is 16.5. The van der Waals surface area contributed by atoms with E-state index in [0.29, 0.717) is 6.47 Å². The molecule has 0 saturated carbocycles. The third-order valence-electron chi connectivity index (χ3n) is 1.96. The number of carbonyl (C=O) groups excluding carboxylic acids is 1. The SMILES string of the molecule is O=COC1CC=CCCCC1. The van der Waals surface area contributed by atoms with Crippen LogP contribution in [0.4, 0.5) is 0 Å². The molecule has 0 amide bonds. The maximum Gasteiger partial charge on any atom is 0.293 e. The molecule has 11 heavy (non-hydrogen) atoms. The van der Waals surface area contributed by atoms with Gasteiger partial charge in [-0.2, -0.15) is 0 Å². The molecule has 0 fully saturated rings. The summed E-state index contributed by atoms with van der Waals surface area (Å²) < 4.78 is 4.89. The molecule has 0 aromatic rings. The third-order valence-corrected chi connectivity index (χ3v) is 1.96. The first kappa shape index (κ1) is 8.31. The van der Waals surface area contributed by atoms with Gasteiger partial charge in [-0.3, -0.25) is 4.79 Å². The van der Waals surface area contributed by atoms with Crippen molar-refractivity contribution in [3.05, 3.63) is 12.2 Å². The van der Waals surface area contributed by atoms with Crippen molar-refractivity contribution in [1.82, 2.24) is 0 Å².